The van der Waals surface area contributed by atoms with Gasteiger partial charge in [0.15, 0.2) is 17.1 Å². The maximum Gasteiger partial charge on any atom is 0.203 e. The minimum absolute atomic E-state index is 0.0197. The molecular weight excluding hydrogens is 354 g/mol. The number of methoxy groups -OCH3 is 3. The van der Waals surface area contributed by atoms with Gasteiger partial charge in [0.05, 0.1) is 33.2 Å². The van der Waals surface area contributed by atoms with Crippen LogP contribution in [0.1, 0.15) is 25.8 Å². The summed E-state index contributed by atoms with van der Waals surface area (Å²) in [5.41, 5.74) is 4.23. The van der Waals surface area contributed by atoms with Gasteiger partial charge in [-0.25, -0.2) is 9.97 Å². The fraction of sp³-hybridized carbons (Fsp3) is 0.364. The van der Waals surface area contributed by atoms with Gasteiger partial charge in [0.1, 0.15) is 5.52 Å². The van der Waals surface area contributed by atoms with Crippen LogP contribution in [-0.4, -0.2) is 36.3 Å². The summed E-state index contributed by atoms with van der Waals surface area (Å²) in [7, 11) is 4.76. The van der Waals surface area contributed by atoms with E-state index in [1.165, 1.54) is 0 Å². The average molecular weight is 379 g/mol. The summed E-state index contributed by atoms with van der Waals surface area (Å²) in [6.45, 7) is 4.31. The summed E-state index contributed by atoms with van der Waals surface area (Å²) in [6, 6.07) is 3.73. The summed E-state index contributed by atoms with van der Waals surface area (Å²) in [4.78, 5) is 12.6. The highest BCUT2D eigenvalue weighted by Crippen LogP contribution is 2.41. The van der Waals surface area contributed by atoms with E-state index in [0.717, 1.165) is 34.4 Å². The van der Waals surface area contributed by atoms with Crippen LogP contribution in [0.25, 0.3) is 22.4 Å². The fourth-order valence-electron chi connectivity index (χ4n) is 3.30. The number of nitrogens with one attached hydrogen (secondary N) is 1. The SMILES string of the molecule is C#CCC(C)(C)Cc1c[nH]c2ncc(-c3cc(OC)c(OC)c(OC)c3)nc12. The molecule has 6 nitrogen and oxygen atoms in total. The molecule has 1 N–H and O–H groups in total. The number of rotatable bonds is 7. The molecule has 146 valence electrons. The first kappa shape index (κ1) is 19.6. The molecule has 0 aliphatic carbocycles. The van der Waals surface area contributed by atoms with Gasteiger partial charge in [0.2, 0.25) is 5.75 Å². The lowest BCUT2D eigenvalue weighted by Crippen LogP contribution is -2.13. The van der Waals surface area contributed by atoms with Crippen LogP contribution in [0.2, 0.25) is 0 Å². The number of benzene rings is 1. The van der Waals surface area contributed by atoms with Crippen LogP contribution in [0.4, 0.5) is 0 Å². The Kier molecular flexibility index (Phi) is 5.46. The summed E-state index contributed by atoms with van der Waals surface area (Å²) >= 11 is 0. The molecule has 0 fully saturated rings. The van der Waals surface area contributed by atoms with Crippen molar-refractivity contribution in [2.45, 2.75) is 26.7 Å². The van der Waals surface area contributed by atoms with Gasteiger partial charge >= 0.3 is 0 Å². The summed E-state index contributed by atoms with van der Waals surface area (Å²) < 4.78 is 16.3. The topological polar surface area (TPSA) is 69.3 Å². The summed E-state index contributed by atoms with van der Waals surface area (Å²) in [5, 5.41) is 0. The maximum absolute atomic E-state index is 5.51. The number of ether oxygens (including phenoxy) is 3. The van der Waals surface area contributed by atoms with Crippen LogP contribution in [0.15, 0.2) is 24.5 Å². The first-order valence-corrected chi connectivity index (χ1v) is 8.99. The molecule has 2 heterocycles. The Bertz CT molecular complexity index is 1010. The molecule has 28 heavy (non-hydrogen) atoms. The van der Waals surface area contributed by atoms with Crippen molar-refractivity contribution in [2.75, 3.05) is 21.3 Å². The number of aromatic amines is 1. The normalized spacial score (nSPS) is 11.3. The molecule has 2 aromatic heterocycles. The molecule has 0 bridgehead atoms. The lowest BCUT2D eigenvalue weighted by molar-refractivity contribution is 0.324. The third kappa shape index (κ3) is 3.74. The van der Waals surface area contributed by atoms with Gasteiger partial charge in [-0.2, -0.15) is 0 Å². The largest absolute Gasteiger partial charge is 0.493 e. The molecule has 0 saturated heterocycles. The lowest BCUT2D eigenvalue weighted by atomic mass is 9.83. The van der Waals surface area contributed by atoms with E-state index < -0.39 is 0 Å². The van der Waals surface area contributed by atoms with E-state index in [4.69, 9.17) is 25.6 Å². The van der Waals surface area contributed by atoms with Crippen LogP contribution in [-0.2, 0) is 6.42 Å². The van der Waals surface area contributed by atoms with Crippen molar-refractivity contribution < 1.29 is 14.2 Å². The number of aromatic nitrogens is 3. The zero-order chi connectivity index (χ0) is 20.3. The van der Waals surface area contributed by atoms with Gasteiger partial charge in [-0.3, -0.25) is 0 Å². The quantitative estimate of drug-likeness (QED) is 0.622. The van der Waals surface area contributed by atoms with Gasteiger partial charge < -0.3 is 19.2 Å². The smallest absolute Gasteiger partial charge is 0.203 e. The van der Waals surface area contributed by atoms with Crippen LogP contribution in [0, 0.1) is 17.8 Å². The van der Waals surface area contributed by atoms with Gasteiger partial charge in [-0.1, -0.05) is 13.8 Å². The van der Waals surface area contributed by atoms with E-state index in [0.29, 0.717) is 23.7 Å². The van der Waals surface area contributed by atoms with E-state index in [2.05, 4.69) is 29.7 Å². The lowest BCUT2D eigenvalue weighted by Gasteiger charge is -2.21. The predicted octanol–water partition coefficient (Wildman–Crippen LogP) is 4.24. The highest BCUT2D eigenvalue weighted by molar-refractivity contribution is 5.79. The number of fused-ring (bicyclic) bond motifs is 1. The third-order valence-electron chi connectivity index (χ3n) is 4.67. The molecule has 0 spiro atoms. The number of H-pyrrole nitrogens is 1. The number of hydrogen-bond donors (Lipinski definition) is 1. The van der Waals surface area contributed by atoms with Crippen molar-refractivity contribution in [3.8, 4) is 40.8 Å². The number of terminal acetylenes is 1. The standard InChI is InChI=1S/C22H25N3O3/c1-7-8-22(2,3)11-15-12-23-21-19(15)25-16(13-24-21)14-9-17(26-4)20(28-6)18(10-14)27-5/h1,9-10,12-13H,8,11H2,2-6H3,(H,23,24). The van der Waals surface area contributed by atoms with E-state index in [-0.39, 0.29) is 5.41 Å². The summed E-state index contributed by atoms with van der Waals surface area (Å²) in [6.07, 6.45) is 10.7. The minimum atomic E-state index is -0.0197. The van der Waals surface area contributed by atoms with E-state index in [9.17, 15) is 0 Å². The molecule has 6 heteroatoms. The zero-order valence-corrected chi connectivity index (χ0v) is 16.9. The summed E-state index contributed by atoms with van der Waals surface area (Å²) in [5.74, 6) is 4.44. The van der Waals surface area contributed by atoms with Crippen molar-refractivity contribution in [1.82, 2.24) is 15.0 Å². The fourth-order valence-corrected chi connectivity index (χ4v) is 3.30. The average Bonchev–Trinajstić information content (AvgIpc) is 3.07. The molecular formula is C22H25N3O3. The Hall–Kier alpha value is -3.20. The molecule has 0 saturated carbocycles. The number of hydrogen-bond acceptors (Lipinski definition) is 5. The van der Waals surface area contributed by atoms with E-state index in [1.807, 2.05) is 18.3 Å². The Morgan fingerprint density at radius 2 is 1.79 bits per heavy atom. The molecule has 1 aromatic carbocycles. The maximum atomic E-state index is 5.51. The van der Waals surface area contributed by atoms with Crippen molar-refractivity contribution in [3.63, 3.8) is 0 Å². The van der Waals surface area contributed by atoms with Crippen LogP contribution >= 0.6 is 0 Å². The first-order chi connectivity index (χ1) is 13.4. The van der Waals surface area contributed by atoms with E-state index in [1.54, 1.807) is 27.5 Å². The van der Waals surface area contributed by atoms with Gasteiger partial charge in [0, 0.05) is 18.2 Å². The van der Waals surface area contributed by atoms with Crippen LogP contribution in [0.5, 0.6) is 17.2 Å². The van der Waals surface area contributed by atoms with E-state index >= 15 is 0 Å². The predicted molar refractivity (Wildman–Crippen MR) is 110 cm³/mol. The van der Waals surface area contributed by atoms with Crippen molar-refractivity contribution in [2.24, 2.45) is 5.41 Å². The van der Waals surface area contributed by atoms with Crippen LogP contribution in [0.3, 0.4) is 0 Å². The Labute approximate surface area is 165 Å². The molecule has 0 aliphatic heterocycles. The molecule has 3 rings (SSSR count). The molecule has 0 amide bonds. The highest BCUT2D eigenvalue weighted by Gasteiger charge is 2.21. The Morgan fingerprint density at radius 1 is 1.11 bits per heavy atom. The minimum Gasteiger partial charge on any atom is -0.493 e. The van der Waals surface area contributed by atoms with Gasteiger partial charge in [-0.05, 0) is 29.5 Å². The Balaban J connectivity index is 2.08. The van der Waals surface area contributed by atoms with Gasteiger partial charge in [-0.15, -0.1) is 12.3 Å². The zero-order valence-electron chi connectivity index (χ0n) is 16.9. The van der Waals surface area contributed by atoms with Crippen molar-refractivity contribution in [1.29, 1.82) is 0 Å². The third-order valence-corrected chi connectivity index (χ3v) is 4.67. The second-order valence-corrected chi connectivity index (χ2v) is 7.40. The first-order valence-electron chi connectivity index (χ1n) is 8.99. The molecule has 0 radical (unpaired) electrons. The molecule has 0 unspecified atom stereocenters. The van der Waals surface area contributed by atoms with Crippen molar-refractivity contribution >= 4 is 11.2 Å². The monoisotopic (exact) mass is 379 g/mol. The van der Waals surface area contributed by atoms with Crippen LogP contribution < -0.4 is 14.2 Å². The van der Waals surface area contributed by atoms with Crippen molar-refractivity contribution in [3.05, 3.63) is 30.1 Å². The second-order valence-electron chi connectivity index (χ2n) is 7.40. The molecule has 0 aliphatic rings. The second kappa shape index (κ2) is 7.81. The molecule has 3 aromatic rings. The molecule has 0 atom stereocenters. The Morgan fingerprint density at radius 3 is 2.36 bits per heavy atom. The highest BCUT2D eigenvalue weighted by atomic mass is 16.5. The number of nitrogens with zero attached hydrogens (tertiary/aromatic N) is 2. The van der Waals surface area contributed by atoms with Gasteiger partial charge in [0.25, 0.3) is 0 Å².